The smallest absolute Gasteiger partial charge is 0.284 e. The molecule has 15 heavy (non-hydrogen) atoms. The number of carbonyl (C=O) groups excluding carboxylic acids is 1. The number of nitrogens with one attached hydrogen (secondary N) is 1. The number of H-pyrrole nitrogens is 1. The molecule has 1 amide bonds. The fourth-order valence-electron chi connectivity index (χ4n) is 1.39. The van der Waals surface area contributed by atoms with Gasteiger partial charge in [0.05, 0.1) is 0 Å². The molecule has 0 radical (unpaired) electrons. The number of imidazole rings is 1. The van der Waals surface area contributed by atoms with Crippen molar-refractivity contribution in [2.24, 2.45) is 5.73 Å². The van der Waals surface area contributed by atoms with Crippen LogP contribution in [0, 0.1) is 0 Å². The molecule has 3 N–H and O–H groups in total. The van der Waals surface area contributed by atoms with Crippen molar-refractivity contribution in [1.82, 2.24) is 9.97 Å². The predicted octanol–water partition coefficient (Wildman–Crippen LogP) is 1.10. The zero-order valence-electron chi connectivity index (χ0n) is 8.10. The summed E-state index contributed by atoms with van der Waals surface area (Å²) in [5, 5.41) is 0. The Morgan fingerprint density at radius 2 is 2.07 bits per heavy atom. The van der Waals surface area contributed by atoms with Crippen LogP contribution in [0.25, 0.3) is 0 Å². The van der Waals surface area contributed by atoms with Crippen LogP contribution in [-0.2, 0) is 6.42 Å². The first kappa shape index (κ1) is 9.45. The molecule has 0 aliphatic heterocycles. The largest absolute Gasteiger partial charge is 0.363 e. The number of aromatic amines is 1. The summed E-state index contributed by atoms with van der Waals surface area (Å²) in [4.78, 5) is 17.6. The van der Waals surface area contributed by atoms with Gasteiger partial charge in [0, 0.05) is 18.3 Å². The Kier molecular flexibility index (Phi) is 2.49. The maximum Gasteiger partial charge on any atom is 0.284 e. The molecule has 4 nitrogen and oxygen atoms in total. The zero-order valence-corrected chi connectivity index (χ0v) is 8.10. The lowest BCUT2D eigenvalue weighted by Gasteiger charge is -1.96. The van der Waals surface area contributed by atoms with Gasteiger partial charge in [-0.25, -0.2) is 4.98 Å². The van der Waals surface area contributed by atoms with E-state index in [1.165, 1.54) is 0 Å². The molecule has 0 aliphatic carbocycles. The second-order valence-electron chi connectivity index (χ2n) is 3.28. The van der Waals surface area contributed by atoms with Crippen LogP contribution >= 0.6 is 0 Å². The van der Waals surface area contributed by atoms with E-state index >= 15 is 0 Å². The van der Waals surface area contributed by atoms with Gasteiger partial charge in [0.2, 0.25) is 0 Å². The Morgan fingerprint density at radius 3 is 2.67 bits per heavy atom. The van der Waals surface area contributed by atoms with E-state index in [2.05, 4.69) is 9.97 Å². The number of amides is 1. The van der Waals surface area contributed by atoms with Crippen LogP contribution in [0.4, 0.5) is 0 Å². The molecular formula is C11H11N3O. The van der Waals surface area contributed by atoms with Gasteiger partial charge in [-0.3, -0.25) is 4.79 Å². The van der Waals surface area contributed by atoms with Crippen molar-refractivity contribution < 1.29 is 4.79 Å². The molecule has 0 bridgehead atoms. The van der Waals surface area contributed by atoms with Crippen molar-refractivity contribution in [3.63, 3.8) is 0 Å². The van der Waals surface area contributed by atoms with Gasteiger partial charge >= 0.3 is 0 Å². The van der Waals surface area contributed by atoms with E-state index in [4.69, 9.17) is 5.73 Å². The summed E-state index contributed by atoms with van der Waals surface area (Å²) in [7, 11) is 0. The number of carbonyl (C=O) groups is 1. The minimum atomic E-state index is -0.533. The Bertz CT molecular complexity index is 462. The summed E-state index contributed by atoms with van der Waals surface area (Å²) in [6.07, 6.45) is 2.36. The lowest BCUT2D eigenvalue weighted by molar-refractivity contribution is 0.0991. The molecule has 0 saturated heterocycles. The van der Waals surface area contributed by atoms with Crippen LogP contribution in [0.15, 0.2) is 36.5 Å². The third-order valence-corrected chi connectivity index (χ3v) is 2.10. The SMILES string of the molecule is NC(=O)c1ncc(Cc2ccccc2)[nH]1. The summed E-state index contributed by atoms with van der Waals surface area (Å²) < 4.78 is 0. The van der Waals surface area contributed by atoms with Crippen molar-refractivity contribution in [2.75, 3.05) is 0 Å². The monoisotopic (exact) mass is 201 g/mol. The van der Waals surface area contributed by atoms with Gasteiger partial charge in [0.25, 0.3) is 5.91 Å². The van der Waals surface area contributed by atoms with Crippen molar-refractivity contribution in [3.05, 3.63) is 53.6 Å². The molecule has 76 valence electrons. The van der Waals surface area contributed by atoms with Gasteiger partial charge in [-0.2, -0.15) is 0 Å². The quantitative estimate of drug-likeness (QED) is 0.780. The summed E-state index contributed by atoms with van der Waals surface area (Å²) in [6.45, 7) is 0. The van der Waals surface area contributed by atoms with E-state index in [0.29, 0.717) is 0 Å². The van der Waals surface area contributed by atoms with Gasteiger partial charge < -0.3 is 10.7 Å². The lowest BCUT2D eigenvalue weighted by Crippen LogP contribution is -2.12. The second kappa shape index (κ2) is 3.96. The highest BCUT2D eigenvalue weighted by Crippen LogP contribution is 2.06. The minimum absolute atomic E-state index is 0.209. The zero-order chi connectivity index (χ0) is 10.7. The molecular weight excluding hydrogens is 190 g/mol. The number of rotatable bonds is 3. The molecule has 4 heteroatoms. The predicted molar refractivity (Wildman–Crippen MR) is 56.4 cm³/mol. The molecule has 2 aromatic rings. The molecule has 1 heterocycles. The molecule has 1 aromatic heterocycles. The maximum atomic E-state index is 10.8. The number of aromatic nitrogens is 2. The molecule has 0 saturated carbocycles. The number of nitrogens with two attached hydrogens (primary N) is 1. The highest BCUT2D eigenvalue weighted by Gasteiger charge is 2.05. The van der Waals surface area contributed by atoms with Gasteiger partial charge in [-0.1, -0.05) is 30.3 Å². The Balaban J connectivity index is 2.15. The number of hydrogen-bond acceptors (Lipinski definition) is 2. The Hall–Kier alpha value is -2.10. The van der Waals surface area contributed by atoms with E-state index in [0.717, 1.165) is 17.7 Å². The average molecular weight is 201 g/mol. The molecule has 2 rings (SSSR count). The van der Waals surface area contributed by atoms with Gasteiger partial charge in [0.1, 0.15) is 0 Å². The molecule has 0 aliphatic rings. The van der Waals surface area contributed by atoms with Crippen molar-refractivity contribution >= 4 is 5.91 Å². The second-order valence-corrected chi connectivity index (χ2v) is 3.28. The molecule has 0 fully saturated rings. The Labute approximate surface area is 87.1 Å². The first-order valence-corrected chi connectivity index (χ1v) is 4.63. The van der Waals surface area contributed by atoms with Crippen molar-refractivity contribution in [2.45, 2.75) is 6.42 Å². The van der Waals surface area contributed by atoms with Crippen LogP contribution in [0.5, 0.6) is 0 Å². The molecule has 0 spiro atoms. The fourth-order valence-corrected chi connectivity index (χ4v) is 1.39. The van der Waals surface area contributed by atoms with Crippen LogP contribution < -0.4 is 5.73 Å². The summed E-state index contributed by atoms with van der Waals surface area (Å²) in [5.74, 6) is -0.324. The minimum Gasteiger partial charge on any atom is -0.363 e. The van der Waals surface area contributed by atoms with Crippen molar-refractivity contribution in [1.29, 1.82) is 0 Å². The van der Waals surface area contributed by atoms with E-state index in [1.54, 1.807) is 6.20 Å². The fraction of sp³-hybridized carbons (Fsp3) is 0.0909. The third kappa shape index (κ3) is 2.22. The normalized spacial score (nSPS) is 10.1. The summed E-state index contributed by atoms with van der Waals surface area (Å²) in [6, 6.07) is 9.95. The van der Waals surface area contributed by atoms with E-state index in [-0.39, 0.29) is 5.82 Å². The van der Waals surface area contributed by atoms with Crippen molar-refractivity contribution in [3.8, 4) is 0 Å². The standard InChI is InChI=1S/C11H11N3O/c12-10(15)11-13-7-9(14-11)6-8-4-2-1-3-5-8/h1-5,7H,6H2,(H2,12,15)(H,13,14). The van der Waals surface area contributed by atoms with E-state index < -0.39 is 5.91 Å². The average Bonchev–Trinajstić information content (AvgIpc) is 2.68. The molecule has 1 aromatic carbocycles. The number of nitrogens with zero attached hydrogens (tertiary/aromatic N) is 1. The number of hydrogen-bond donors (Lipinski definition) is 2. The van der Waals surface area contributed by atoms with Crippen LogP contribution in [0.2, 0.25) is 0 Å². The first-order valence-electron chi connectivity index (χ1n) is 4.63. The first-order chi connectivity index (χ1) is 7.25. The Morgan fingerprint density at radius 1 is 1.33 bits per heavy atom. The summed E-state index contributed by atoms with van der Waals surface area (Å²) in [5.41, 5.74) is 7.14. The van der Waals surface area contributed by atoms with Crippen LogP contribution in [-0.4, -0.2) is 15.9 Å². The highest BCUT2D eigenvalue weighted by molar-refractivity contribution is 5.88. The number of benzene rings is 1. The van der Waals surface area contributed by atoms with Crippen LogP contribution in [0.1, 0.15) is 21.9 Å². The molecule has 0 unspecified atom stereocenters. The van der Waals surface area contributed by atoms with Gasteiger partial charge in [-0.15, -0.1) is 0 Å². The lowest BCUT2D eigenvalue weighted by atomic mass is 10.1. The molecule has 0 atom stereocenters. The van der Waals surface area contributed by atoms with Crippen LogP contribution in [0.3, 0.4) is 0 Å². The van der Waals surface area contributed by atoms with Gasteiger partial charge in [0.15, 0.2) is 5.82 Å². The highest BCUT2D eigenvalue weighted by atomic mass is 16.1. The van der Waals surface area contributed by atoms with Gasteiger partial charge in [-0.05, 0) is 5.56 Å². The topological polar surface area (TPSA) is 71.8 Å². The number of primary amides is 1. The third-order valence-electron chi connectivity index (χ3n) is 2.10. The van der Waals surface area contributed by atoms with E-state index in [9.17, 15) is 4.79 Å². The van der Waals surface area contributed by atoms with E-state index in [1.807, 2.05) is 30.3 Å². The summed E-state index contributed by atoms with van der Waals surface area (Å²) >= 11 is 0. The maximum absolute atomic E-state index is 10.8.